The zero-order chi connectivity index (χ0) is 15.5. The highest BCUT2D eigenvalue weighted by Gasteiger charge is 2.30. The van der Waals surface area contributed by atoms with E-state index in [1.54, 1.807) is 11.6 Å². The lowest BCUT2D eigenvalue weighted by Gasteiger charge is -2.22. The Hall–Kier alpha value is -1.18. The number of aryl methyl sites for hydroxylation is 2. The summed E-state index contributed by atoms with van der Waals surface area (Å²) in [4.78, 5) is 0.377. The van der Waals surface area contributed by atoms with Crippen molar-refractivity contribution >= 4 is 10.0 Å². The Morgan fingerprint density at radius 2 is 2.10 bits per heavy atom. The highest BCUT2D eigenvalue weighted by Crippen LogP contribution is 2.24. The van der Waals surface area contributed by atoms with E-state index in [0.29, 0.717) is 23.7 Å². The molecule has 1 aromatic rings. The summed E-state index contributed by atoms with van der Waals surface area (Å²) >= 11 is 0. The summed E-state index contributed by atoms with van der Waals surface area (Å²) < 4.78 is 28.9. The number of aromatic nitrogens is 2. The molecule has 0 saturated carbocycles. The topological polar surface area (TPSA) is 67.2 Å². The molecule has 0 fully saturated rings. The summed E-state index contributed by atoms with van der Waals surface area (Å²) in [6, 6.07) is 0. The van der Waals surface area contributed by atoms with E-state index in [2.05, 4.69) is 10.4 Å². The average Bonchev–Trinajstić information content (AvgIpc) is 2.75. The number of nitrogens with zero attached hydrogens (tertiary/aromatic N) is 3. The van der Waals surface area contributed by atoms with Gasteiger partial charge < -0.3 is 5.32 Å². The first-order chi connectivity index (χ1) is 9.98. The van der Waals surface area contributed by atoms with E-state index in [9.17, 15) is 8.42 Å². The molecule has 0 bridgehead atoms. The molecular weight excluding hydrogens is 288 g/mol. The third-order valence-electron chi connectivity index (χ3n) is 3.73. The molecule has 21 heavy (non-hydrogen) atoms. The maximum absolute atomic E-state index is 12.8. The highest BCUT2D eigenvalue weighted by atomic mass is 32.2. The van der Waals surface area contributed by atoms with Gasteiger partial charge in [-0.05, 0) is 40.3 Å². The lowest BCUT2D eigenvalue weighted by atomic mass is 10.3. The monoisotopic (exact) mass is 312 g/mol. The lowest BCUT2D eigenvalue weighted by Crippen LogP contribution is -2.34. The Labute approximate surface area is 126 Å². The van der Waals surface area contributed by atoms with Crippen LogP contribution in [0, 0.1) is 13.8 Å². The van der Waals surface area contributed by atoms with Gasteiger partial charge in [-0.15, -0.1) is 0 Å². The summed E-state index contributed by atoms with van der Waals surface area (Å²) in [5.74, 6) is 0. The predicted octanol–water partition coefficient (Wildman–Crippen LogP) is 1.06. The van der Waals surface area contributed by atoms with Crippen molar-refractivity contribution in [3.05, 3.63) is 23.5 Å². The van der Waals surface area contributed by atoms with Crippen molar-refractivity contribution in [3.63, 3.8) is 0 Å². The Kier molecular flexibility index (Phi) is 5.18. The van der Waals surface area contributed by atoms with Crippen LogP contribution in [0.3, 0.4) is 0 Å². The number of hydrogen-bond acceptors (Lipinski definition) is 4. The number of rotatable bonds is 6. The quantitative estimate of drug-likeness (QED) is 0.630. The van der Waals surface area contributed by atoms with E-state index in [1.807, 2.05) is 26.1 Å². The molecule has 1 aromatic heterocycles. The van der Waals surface area contributed by atoms with Crippen LogP contribution in [-0.4, -0.2) is 49.2 Å². The molecule has 0 amide bonds. The van der Waals surface area contributed by atoms with Crippen LogP contribution in [0.2, 0.25) is 0 Å². The first kappa shape index (κ1) is 16.2. The number of nitrogens with one attached hydrogen (secondary N) is 1. The molecule has 6 nitrogen and oxygen atoms in total. The van der Waals surface area contributed by atoms with Gasteiger partial charge in [0, 0.05) is 19.6 Å². The third-order valence-corrected chi connectivity index (χ3v) is 5.85. The molecule has 118 valence electrons. The summed E-state index contributed by atoms with van der Waals surface area (Å²) in [7, 11) is -1.55. The van der Waals surface area contributed by atoms with Crippen molar-refractivity contribution in [1.82, 2.24) is 19.4 Å². The minimum absolute atomic E-state index is 0.377. The molecule has 0 radical (unpaired) electrons. The van der Waals surface area contributed by atoms with Crippen LogP contribution in [0.5, 0.6) is 0 Å². The minimum Gasteiger partial charge on any atom is -0.320 e. The second-order valence-corrected chi connectivity index (χ2v) is 7.18. The van der Waals surface area contributed by atoms with Crippen LogP contribution in [0.15, 0.2) is 17.0 Å². The number of hydrogen-bond donors (Lipinski definition) is 1. The van der Waals surface area contributed by atoms with Gasteiger partial charge in [-0.2, -0.15) is 9.40 Å². The molecule has 1 aliphatic rings. The van der Waals surface area contributed by atoms with Gasteiger partial charge >= 0.3 is 0 Å². The van der Waals surface area contributed by atoms with Crippen LogP contribution < -0.4 is 5.32 Å². The first-order valence-electron chi connectivity index (χ1n) is 7.32. The van der Waals surface area contributed by atoms with E-state index in [1.165, 1.54) is 4.31 Å². The molecule has 0 spiro atoms. The largest absolute Gasteiger partial charge is 0.320 e. The van der Waals surface area contributed by atoms with Crippen LogP contribution in [0.1, 0.15) is 24.2 Å². The van der Waals surface area contributed by atoms with Gasteiger partial charge in [-0.25, -0.2) is 8.42 Å². The molecule has 0 aliphatic carbocycles. The van der Waals surface area contributed by atoms with Crippen molar-refractivity contribution < 1.29 is 8.42 Å². The summed E-state index contributed by atoms with van der Waals surface area (Å²) in [5, 5.41) is 7.49. The van der Waals surface area contributed by atoms with E-state index in [-0.39, 0.29) is 0 Å². The maximum Gasteiger partial charge on any atom is 0.247 e. The van der Waals surface area contributed by atoms with Gasteiger partial charge in [-0.3, -0.25) is 4.68 Å². The first-order valence-corrected chi connectivity index (χ1v) is 8.76. The molecule has 0 saturated heterocycles. The second kappa shape index (κ2) is 6.72. The second-order valence-electron chi connectivity index (χ2n) is 5.30. The Morgan fingerprint density at radius 3 is 2.71 bits per heavy atom. The van der Waals surface area contributed by atoms with Crippen molar-refractivity contribution in [2.24, 2.45) is 0 Å². The van der Waals surface area contributed by atoms with Crippen LogP contribution in [-0.2, 0) is 16.6 Å². The van der Waals surface area contributed by atoms with E-state index < -0.39 is 10.0 Å². The van der Waals surface area contributed by atoms with Crippen molar-refractivity contribution in [2.45, 2.75) is 38.1 Å². The zero-order valence-corrected chi connectivity index (χ0v) is 13.8. The molecule has 2 rings (SSSR count). The Balaban J connectivity index is 2.28. The van der Waals surface area contributed by atoms with Gasteiger partial charge in [0.2, 0.25) is 10.0 Å². The van der Waals surface area contributed by atoms with Crippen molar-refractivity contribution in [1.29, 1.82) is 0 Å². The average molecular weight is 312 g/mol. The van der Waals surface area contributed by atoms with Crippen LogP contribution >= 0.6 is 0 Å². The fourth-order valence-corrected chi connectivity index (χ4v) is 4.42. The normalized spacial score (nSPS) is 16.5. The standard InChI is InChI=1S/C14H24N4O2S/c1-12-14(13(2)18(16-12)11-7-8-15-3)21(19,20)17-9-5-4-6-10-17/h4-5,15H,6-11H2,1-3H3. The molecule has 1 N–H and O–H groups in total. The predicted molar refractivity (Wildman–Crippen MR) is 82.8 cm³/mol. The summed E-state index contributed by atoms with van der Waals surface area (Å²) in [6.45, 7) is 6.22. The van der Waals surface area contributed by atoms with Gasteiger partial charge in [0.05, 0.1) is 11.4 Å². The molecule has 0 unspecified atom stereocenters. The summed E-state index contributed by atoms with van der Waals surface area (Å²) in [6.07, 6.45) is 5.62. The minimum atomic E-state index is -3.45. The van der Waals surface area contributed by atoms with Crippen molar-refractivity contribution in [2.75, 3.05) is 26.7 Å². The fraction of sp³-hybridized carbons (Fsp3) is 0.643. The lowest BCUT2D eigenvalue weighted by molar-refractivity contribution is 0.436. The Bertz CT molecular complexity index is 619. The number of sulfonamides is 1. The van der Waals surface area contributed by atoms with Crippen molar-refractivity contribution in [3.8, 4) is 0 Å². The molecular formula is C14H24N4O2S. The van der Waals surface area contributed by atoms with Gasteiger partial charge in [-0.1, -0.05) is 12.2 Å². The third kappa shape index (κ3) is 3.36. The van der Waals surface area contributed by atoms with Gasteiger partial charge in [0.25, 0.3) is 0 Å². The zero-order valence-electron chi connectivity index (χ0n) is 13.0. The van der Waals surface area contributed by atoms with Gasteiger partial charge in [0.1, 0.15) is 4.90 Å². The van der Waals surface area contributed by atoms with Crippen LogP contribution in [0.4, 0.5) is 0 Å². The molecule has 0 atom stereocenters. The molecule has 0 aromatic carbocycles. The fourth-order valence-electron chi connectivity index (χ4n) is 2.64. The SMILES string of the molecule is CNCCCn1nc(C)c(S(=O)(=O)N2CC=CCC2)c1C. The molecule has 7 heteroatoms. The smallest absolute Gasteiger partial charge is 0.247 e. The highest BCUT2D eigenvalue weighted by molar-refractivity contribution is 7.89. The molecule has 1 aliphatic heterocycles. The van der Waals surface area contributed by atoms with Crippen LogP contribution in [0.25, 0.3) is 0 Å². The Morgan fingerprint density at radius 1 is 1.33 bits per heavy atom. The molecule has 2 heterocycles. The van der Waals surface area contributed by atoms with E-state index in [0.717, 1.165) is 31.6 Å². The van der Waals surface area contributed by atoms with Gasteiger partial charge in [0.15, 0.2) is 0 Å². The van der Waals surface area contributed by atoms with E-state index in [4.69, 9.17) is 0 Å². The maximum atomic E-state index is 12.8. The van der Waals surface area contributed by atoms with E-state index >= 15 is 0 Å². The summed E-state index contributed by atoms with van der Waals surface area (Å²) in [5.41, 5.74) is 1.32.